The molecule has 0 aliphatic heterocycles. The Kier molecular flexibility index (Phi) is 3.97. The van der Waals surface area contributed by atoms with E-state index in [9.17, 15) is 4.79 Å². The van der Waals surface area contributed by atoms with E-state index < -0.39 is 0 Å². The quantitative estimate of drug-likeness (QED) is 0.803. The van der Waals surface area contributed by atoms with Crippen molar-refractivity contribution in [3.05, 3.63) is 0 Å². The minimum absolute atomic E-state index is 0.161. The molecule has 0 heterocycles. The van der Waals surface area contributed by atoms with E-state index in [1.807, 2.05) is 13.8 Å². The Morgan fingerprint density at radius 2 is 2.00 bits per heavy atom. The number of carbonyl (C=O) groups excluding carboxylic acids is 1. The number of amides is 1. The third-order valence-electron chi connectivity index (χ3n) is 5.42. The zero-order valence-corrected chi connectivity index (χ0v) is 13.2. The third-order valence-corrected chi connectivity index (χ3v) is 5.42. The predicted octanol–water partition coefficient (Wildman–Crippen LogP) is 2.71. The van der Waals surface area contributed by atoms with Crippen molar-refractivity contribution < 1.29 is 4.79 Å². The summed E-state index contributed by atoms with van der Waals surface area (Å²) in [6.45, 7) is 12.0. The van der Waals surface area contributed by atoms with Crippen molar-refractivity contribution in [1.82, 2.24) is 10.6 Å². The summed E-state index contributed by atoms with van der Waals surface area (Å²) in [6, 6.07) is 0.801. The maximum atomic E-state index is 11.7. The smallest absolute Gasteiger partial charge is 0.221 e. The van der Waals surface area contributed by atoms with Gasteiger partial charge in [-0.25, -0.2) is 0 Å². The SMILES string of the molecule is CC(C)NC(=O)CCNC1C2(C)CCC(C2)C1(C)C. The van der Waals surface area contributed by atoms with Crippen LogP contribution in [-0.4, -0.2) is 24.5 Å². The lowest BCUT2D eigenvalue weighted by Gasteiger charge is -2.43. The normalized spacial score (nSPS) is 35.9. The molecule has 3 unspecified atom stereocenters. The fourth-order valence-corrected chi connectivity index (χ4v) is 4.54. The Morgan fingerprint density at radius 1 is 1.32 bits per heavy atom. The zero-order chi connectivity index (χ0) is 14.3. The van der Waals surface area contributed by atoms with E-state index in [2.05, 4.69) is 31.4 Å². The molecule has 2 N–H and O–H groups in total. The Morgan fingerprint density at radius 3 is 2.53 bits per heavy atom. The van der Waals surface area contributed by atoms with E-state index in [4.69, 9.17) is 0 Å². The molecule has 0 aromatic carbocycles. The van der Waals surface area contributed by atoms with Crippen LogP contribution in [0.25, 0.3) is 0 Å². The van der Waals surface area contributed by atoms with Gasteiger partial charge in [-0.3, -0.25) is 4.79 Å². The molecule has 2 saturated carbocycles. The van der Waals surface area contributed by atoms with Gasteiger partial charge in [0.1, 0.15) is 0 Å². The van der Waals surface area contributed by atoms with Crippen molar-refractivity contribution in [2.75, 3.05) is 6.54 Å². The third kappa shape index (κ3) is 2.81. The second-order valence-corrected chi connectivity index (χ2v) is 7.77. The first-order valence-electron chi connectivity index (χ1n) is 7.78. The van der Waals surface area contributed by atoms with E-state index in [1.165, 1.54) is 19.3 Å². The average Bonchev–Trinajstić information content (AvgIpc) is 2.73. The van der Waals surface area contributed by atoms with Gasteiger partial charge >= 0.3 is 0 Å². The molecule has 2 fully saturated rings. The van der Waals surface area contributed by atoms with E-state index in [0.29, 0.717) is 23.3 Å². The maximum absolute atomic E-state index is 11.7. The number of nitrogens with one attached hydrogen (secondary N) is 2. The number of carbonyl (C=O) groups is 1. The second kappa shape index (κ2) is 5.08. The largest absolute Gasteiger partial charge is 0.354 e. The van der Waals surface area contributed by atoms with Crippen molar-refractivity contribution in [2.45, 2.75) is 72.4 Å². The topological polar surface area (TPSA) is 41.1 Å². The van der Waals surface area contributed by atoms with Crippen LogP contribution in [-0.2, 0) is 4.79 Å². The van der Waals surface area contributed by atoms with Gasteiger partial charge < -0.3 is 10.6 Å². The number of fused-ring (bicyclic) bond motifs is 2. The minimum atomic E-state index is 0.161. The van der Waals surface area contributed by atoms with E-state index in [0.717, 1.165) is 12.5 Å². The summed E-state index contributed by atoms with van der Waals surface area (Å²) in [6.07, 6.45) is 4.67. The van der Waals surface area contributed by atoms with Gasteiger partial charge in [0.05, 0.1) is 0 Å². The first-order valence-corrected chi connectivity index (χ1v) is 7.78. The molecule has 2 rings (SSSR count). The predicted molar refractivity (Wildman–Crippen MR) is 78.9 cm³/mol. The van der Waals surface area contributed by atoms with Crippen LogP contribution < -0.4 is 10.6 Å². The highest BCUT2D eigenvalue weighted by Gasteiger charge is 2.58. The Bertz CT molecular complexity index is 346. The van der Waals surface area contributed by atoms with E-state index in [-0.39, 0.29) is 11.9 Å². The molecule has 2 bridgehead atoms. The zero-order valence-electron chi connectivity index (χ0n) is 13.2. The Labute approximate surface area is 117 Å². The monoisotopic (exact) mass is 266 g/mol. The molecule has 0 spiro atoms. The van der Waals surface area contributed by atoms with Crippen LogP contribution in [0.3, 0.4) is 0 Å². The van der Waals surface area contributed by atoms with Crippen molar-refractivity contribution in [3.63, 3.8) is 0 Å². The highest BCUT2D eigenvalue weighted by Crippen LogP contribution is 2.62. The highest BCUT2D eigenvalue weighted by atomic mass is 16.1. The lowest BCUT2D eigenvalue weighted by Crippen LogP contribution is -2.51. The standard InChI is InChI=1S/C16H30N2O/c1-11(2)18-13(19)7-9-17-14-15(3,4)12-6-8-16(14,5)10-12/h11-12,14,17H,6-10H2,1-5H3,(H,18,19). The molecule has 19 heavy (non-hydrogen) atoms. The Balaban J connectivity index is 1.84. The van der Waals surface area contributed by atoms with E-state index in [1.54, 1.807) is 0 Å². The summed E-state index contributed by atoms with van der Waals surface area (Å²) in [5, 5.41) is 6.64. The van der Waals surface area contributed by atoms with Crippen molar-refractivity contribution in [2.24, 2.45) is 16.7 Å². The number of rotatable bonds is 5. The molecule has 0 saturated heterocycles. The number of hydrogen-bond donors (Lipinski definition) is 2. The molecule has 3 heteroatoms. The summed E-state index contributed by atoms with van der Waals surface area (Å²) in [5.74, 6) is 1.02. The first kappa shape index (κ1) is 14.8. The van der Waals surface area contributed by atoms with Gasteiger partial charge in [0.2, 0.25) is 5.91 Å². The van der Waals surface area contributed by atoms with Crippen LogP contribution >= 0.6 is 0 Å². The van der Waals surface area contributed by atoms with Gasteiger partial charge in [0.15, 0.2) is 0 Å². The van der Waals surface area contributed by atoms with Crippen molar-refractivity contribution in [1.29, 1.82) is 0 Å². The molecular weight excluding hydrogens is 236 g/mol. The molecule has 110 valence electrons. The van der Waals surface area contributed by atoms with Crippen LogP contribution in [0.15, 0.2) is 0 Å². The van der Waals surface area contributed by atoms with Gasteiger partial charge in [-0.1, -0.05) is 20.8 Å². The molecule has 0 aromatic rings. The summed E-state index contributed by atoms with van der Waals surface area (Å²) >= 11 is 0. The molecule has 1 amide bonds. The van der Waals surface area contributed by atoms with Gasteiger partial charge in [-0.15, -0.1) is 0 Å². The van der Waals surface area contributed by atoms with Crippen LogP contribution in [0, 0.1) is 16.7 Å². The Hall–Kier alpha value is -0.570. The van der Waals surface area contributed by atoms with Crippen LogP contribution in [0.2, 0.25) is 0 Å². The molecule has 0 aromatic heterocycles. The summed E-state index contributed by atoms with van der Waals surface area (Å²) in [4.78, 5) is 11.7. The van der Waals surface area contributed by atoms with Crippen LogP contribution in [0.5, 0.6) is 0 Å². The first-order chi connectivity index (χ1) is 8.75. The van der Waals surface area contributed by atoms with E-state index >= 15 is 0 Å². The van der Waals surface area contributed by atoms with Gasteiger partial charge in [-0.2, -0.15) is 0 Å². The molecule has 2 aliphatic carbocycles. The lowest BCUT2D eigenvalue weighted by molar-refractivity contribution is -0.121. The summed E-state index contributed by atoms with van der Waals surface area (Å²) < 4.78 is 0. The van der Waals surface area contributed by atoms with Crippen LogP contribution in [0.1, 0.15) is 60.3 Å². The lowest BCUT2D eigenvalue weighted by atomic mass is 9.68. The molecule has 3 atom stereocenters. The van der Waals surface area contributed by atoms with Gasteiger partial charge in [-0.05, 0) is 49.9 Å². The van der Waals surface area contributed by atoms with Gasteiger partial charge in [0.25, 0.3) is 0 Å². The van der Waals surface area contributed by atoms with Gasteiger partial charge in [0, 0.05) is 25.0 Å². The molecule has 2 aliphatic rings. The second-order valence-electron chi connectivity index (χ2n) is 7.77. The highest BCUT2D eigenvalue weighted by molar-refractivity contribution is 5.76. The summed E-state index contributed by atoms with van der Waals surface area (Å²) in [5.41, 5.74) is 0.824. The molecule has 3 nitrogen and oxygen atoms in total. The number of hydrogen-bond acceptors (Lipinski definition) is 2. The molecular formula is C16H30N2O. The fourth-order valence-electron chi connectivity index (χ4n) is 4.54. The maximum Gasteiger partial charge on any atom is 0.221 e. The van der Waals surface area contributed by atoms with Crippen LogP contribution in [0.4, 0.5) is 0 Å². The minimum Gasteiger partial charge on any atom is -0.354 e. The summed E-state index contributed by atoms with van der Waals surface area (Å²) in [7, 11) is 0. The fraction of sp³-hybridized carbons (Fsp3) is 0.938. The van der Waals surface area contributed by atoms with Crippen molar-refractivity contribution in [3.8, 4) is 0 Å². The van der Waals surface area contributed by atoms with Crippen molar-refractivity contribution >= 4 is 5.91 Å². The molecule has 0 radical (unpaired) electrons. The average molecular weight is 266 g/mol.